The van der Waals surface area contributed by atoms with Gasteiger partial charge < -0.3 is 14.7 Å². The van der Waals surface area contributed by atoms with Crippen LogP contribution in [0.4, 0.5) is 4.79 Å². The molecule has 5 heterocycles. The molecule has 0 saturated carbocycles. The Kier molecular flexibility index (Phi) is 7.66. The number of nitriles is 1. The number of carbonyl (C=O) groups is 1. The maximum absolute atomic E-state index is 11.4. The summed E-state index contributed by atoms with van der Waals surface area (Å²) in [6.45, 7) is 8.98. The van der Waals surface area contributed by atoms with Crippen molar-refractivity contribution in [3.63, 3.8) is 0 Å². The first kappa shape index (κ1) is 27.2. The van der Waals surface area contributed by atoms with Crippen LogP contribution in [0.2, 0.25) is 25.7 Å². The van der Waals surface area contributed by atoms with Gasteiger partial charge in [0.1, 0.15) is 18.4 Å². The summed E-state index contributed by atoms with van der Waals surface area (Å²) in [5.74, 6) is 0. The second-order valence-corrected chi connectivity index (χ2v) is 18.1. The van der Waals surface area contributed by atoms with Crippen LogP contribution in [0.25, 0.3) is 33.1 Å². The fourth-order valence-corrected chi connectivity index (χ4v) is 6.92. The Morgan fingerprint density at radius 2 is 1.97 bits per heavy atom. The summed E-state index contributed by atoms with van der Waals surface area (Å²) < 4.78 is 9.96. The first-order valence-corrected chi connectivity index (χ1v) is 17.7. The summed E-state index contributed by atoms with van der Waals surface area (Å²) in [5, 5.41) is 25.7. The fourth-order valence-electron chi connectivity index (χ4n) is 4.84. The predicted octanol–water partition coefficient (Wildman–Crippen LogP) is 5.40. The number of hydrogen-bond donors (Lipinski definition) is 1. The van der Waals surface area contributed by atoms with E-state index in [-0.39, 0.29) is 5.25 Å². The van der Waals surface area contributed by atoms with E-state index in [4.69, 9.17) is 9.72 Å². The van der Waals surface area contributed by atoms with Crippen LogP contribution in [0.15, 0.2) is 35.7 Å². The molecule has 12 heteroatoms. The first-order valence-electron chi connectivity index (χ1n) is 13.1. The molecule has 4 aromatic heterocycles. The van der Waals surface area contributed by atoms with Crippen molar-refractivity contribution in [1.82, 2.24) is 29.2 Å². The standard InChI is InChI=1S/C27H33N7O3SSi/c1-32-16-19(14-31-32)18-11-21-24-23(34(26(21)30-13-18)17-37-9-10-39(2,3)4)15-29-22(12-28)25(24)38-20-5-7-33(8-6-20)27(35)36/h11,13-16,20H,5-10,17H2,1-4H3,(H,35,36). The largest absolute Gasteiger partial charge is 0.465 e. The lowest BCUT2D eigenvalue weighted by Gasteiger charge is -2.29. The Hall–Kier alpha value is -3.40. The molecular formula is C27H33N7O3SSi. The van der Waals surface area contributed by atoms with Gasteiger partial charge >= 0.3 is 6.09 Å². The van der Waals surface area contributed by atoms with Crippen molar-refractivity contribution in [2.24, 2.45) is 7.05 Å². The van der Waals surface area contributed by atoms with Gasteiger partial charge in [-0.2, -0.15) is 10.4 Å². The highest BCUT2D eigenvalue weighted by molar-refractivity contribution is 8.00. The molecule has 1 amide bonds. The molecule has 1 aliphatic heterocycles. The van der Waals surface area contributed by atoms with Crippen molar-refractivity contribution in [3.8, 4) is 17.2 Å². The fraction of sp³-hybridized carbons (Fsp3) is 0.444. The number of rotatable bonds is 8. The normalized spacial score (nSPS) is 14.8. The van der Waals surface area contributed by atoms with Crippen LogP contribution in [0.1, 0.15) is 18.5 Å². The van der Waals surface area contributed by atoms with E-state index in [9.17, 15) is 15.2 Å². The lowest BCUT2D eigenvalue weighted by atomic mass is 10.1. The molecule has 0 radical (unpaired) electrons. The zero-order valence-corrected chi connectivity index (χ0v) is 24.5. The lowest BCUT2D eigenvalue weighted by molar-refractivity contribution is 0.0925. The van der Waals surface area contributed by atoms with Crippen LogP contribution in [0.3, 0.4) is 0 Å². The van der Waals surface area contributed by atoms with E-state index in [1.165, 1.54) is 4.90 Å². The monoisotopic (exact) mass is 563 g/mol. The molecule has 1 N–H and O–H groups in total. The zero-order valence-electron chi connectivity index (χ0n) is 22.7. The topological polar surface area (TPSA) is 122 Å². The van der Waals surface area contributed by atoms with Crippen molar-refractivity contribution in [3.05, 3.63) is 36.5 Å². The number of aromatic nitrogens is 5. The Balaban J connectivity index is 1.59. The van der Waals surface area contributed by atoms with Crippen molar-refractivity contribution < 1.29 is 14.6 Å². The third-order valence-electron chi connectivity index (χ3n) is 7.05. The average molecular weight is 564 g/mol. The Labute approximate surface area is 232 Å². The van der Waals surface area contributed by atoms with Crippen molar-refractivity contribution in [1.29, 1.82) is 5.26 Å². The second-order valence-electron chi connectivity index (χ2n) is 11.2. The maximum Gasteiger partial charge on any atom is 0.407 e. The van der Waals surface area contributed by atoms with Gasteiger partial charge in [0.25, 0.3) is 0 Å². The summed E-state index contributed by atoms with van der Waals surface area (Å²) in [6.07, 6.45) is 7.92. The van der Waals surface area contributed by atoms with Gasteiger partial charge in [-0.25, -0.2) is 14.8 Å². The molecule has 5 rings (SSSR count). The zero-order chi connectivity index (χ0) is 27.7. The van der Waals surface area contributed by atoms with Crippen molar-refractivity contribution in [2.75, 3.05) is 19.7 Å². The van der Waals surface area contributed by atoms with Gasteiger partial charge in [-0.3, -0.25) is 9.25 Å². The number of piperidine rings is 1. The number of pyridine rings is 2. The van der Waals surface area contributed by atoms with E-state index in [0.717, 1.165) is 56.8 Å². The number of thioether (sulfide) groups is 1. The summed E-state index contributed by atoms with van der Waals surface area (Å²) in [7, 11) is 0.646. The summed E-state index contributed by atoms with van der Waals surface area (Å²) in [5.41, 5.74) is 3.93. The molecule has 0 atom stereocenters. The molecule has 1 fully saturated rings. The molecule has 0 aromatic carbocycles. The van der Waals surface area contributed by atoms with Crippen LogP contribution in [0.5, 0.6) is 0 Å². The molecule has 0 unspecified atom stereocenters. The lowest BCUT2D eigenvalue weighted by Crippen LogP contribution is -2.38. The first-order chi connectivity index (χ1) is 18.6. The van der Waals surface area contributed by atoms with Crippen LogP contribution in [-0.2, 0) is 18.5 Å². The van der Waals surface area contributed by atoms with Crippen LogP contribution in [-0.4, -0.2) is 73.4 Å². The van der Waals surface area contributed by atoms with Gasteiger partial charge in [-0.15, -0.1) is 11.8 Å². The Morgan fingerprint density at radius 1 is 1.21 bits per heavy atom. The van der Waals surface area contributed by atoms with Crippen LogP contribution < -0.4 is 0 Å². The summed E-state index contributed by atoms with van der Waals surface area (Å²) in [4.78, 5) is 23.1. The van der Waals surface area contributed by atoms with Gasteiger partial charge in [0.2, 0.25) is 0 Å². The summed E-state index contributed by atoms with van der Waals surface area (Å²) >= 11 is 1.63. The number of aryl methyl sites for hydroxylation is 1. The second kappa shape index (κ2) is 11.0. The van der Waals surface area contributed by atoms with Crippen LogP contribution in [0, 0.1) is 11.3 Å². The van der Waals surface area contributed by atoms with E-state index in [1.807, 2.05) is 30.2 Å². The molecular weight excluding hydrogens is 530 g/mol. The highest BCUT2D eigenvalue weighted by Crippen LogP contribution is 2.41. The smallest absolute Gasteiger partial charge is 0.407 e. The van der Waals surface area contributed by atoms with Crippen molar-refractivity contribution >= 4 is 47.9 Å². The van der Waals surface area contributed by atoms with Gasteiger partial charge in [-0.05, 0) is 25.0 Å². The van der Waals surface area contributed by atoms with E-state index < -0.39 is 14.2 Å². The molecule has 39 heavy (non-hydrogen) atoms. The van der Waals surface area contributed by atoms with E-state index in [2.05, 4.69) is 41.9 Å². The molecule has 10 nitrogen and oxygen atoms in total. The average Bonchev–Trinajstić information content (AvgIpc) is 3.47. The predicted molar refractivity (Wildman–Crippen MR) is 155 cm³/mol. The highest BCUT2D eigenvalue weighted by atomic mass is 32.2. The number of likely N-dealkylation sites (tertiary alicyclic amines) is 1. The number of nitrogens with zero attached hydrogens (tertiary/aromatic N) is 7. The number of amides is 1. The van der Waals surface area contributed by atoms with Gasteiger partial charge in [0.15, 0.2) is 5.69 Å². The number of fused-ring (bicyclic) bond motifs is 3. The minimum atomic E-state index is -1.24. The highest BCUT2D eigenvalue weighted by Gasteiger charge is 2.27. The minimum Gasteiger partial charge on any atom is -0.465 e. The molecule has 0 spiro atoms. The quantitative estimate of drug-likeness (QED) is 0.223. The van der Waals surface area contributed by atoms with Gasteiger partial charge in [-0.1, -0.05) is 19.6 Å². The van der Waals surface area contributed by atoms with Crippen molar-refractivity contribution in [2.45, 2.75) is 55.4 Å². The third-order valence-corrected chi connectivity index (χ3v) is 10.2. The molecule has 204 valence electrons. The number of ether oxygens (including phenoxy) is 1. The molecule has 0 bridgehead atoms. The number of hydrogen-bond acceptors (Lipinski definition) is 7. The molecule has 1 saturated heterocycles. The molecule has 0 aliphatic carbocycles. The van der Waals surface area contributed by atoms with E-state index >= 15 is 0 Å². The summed E-state index contributed by atoms with van der Waals surface area (Å²) in [6, 6.07) is 5.47. The molecule has 4 aromatic rings. The number of carboxylic acid groups (broad SMARTS) is 1. The molecule has 1 aliphatic rings. The maximum atomic E-state index is 11.4. The van der Waals surface area contributed by atoms with E-state index in [1.54, 1.807) is 22.6 Å². The Bertz CT molecular complexity index is 1560. The Morgan fingerprint density at radius 3 is 2.62 bits per heavy atom. The SMILES string of the molecule is Cn1cc(-c2cnc3c(c2)c2c(SC4CCN(C(=O)O)CC4)c(C#N)ncc2n3COCC[Si](C)(C)C)cn1. The van der Waals surface area contributed by atoms with Crippen LogP contribution >= 0.6 is 11.8 Å². The van der Waals surface area contributed by atoms with E-state index in [0.29, 0.717) is 32.1 Å². The van der Waals surface area contributed by atoms with Gasteiger partial charge in [0.05, 0.1) is 22.8 Å². The minimum absolute atomic E-state index is 0.181. The van der Waals surface area contributed by atoms with Gasteiger partial charge in [0, 0.05) is 74.4 Å². The third kappa shape index (κ3) is 5.80.